The molecule has 0 spiro atoms. The molecule has 115 heavy (non-hydrogen) atoms. The maximum atomic E-state index is 13.1. The molecule has 10 fully saturated rings. The Morgan fingerprint density at radius 2 is 0.548 bits per heavy atom. The minimum absolute atomic E-state index is 0.00690. The molecule has 20 rings (SSSR count). The standard InChI is InChI=1S/4C19H24N2O2.C18H23N3O2/c4*1-12-19(2,16-10-13-7-8-15(16)9-13)18(23)21(20-12)11-17(22)14-5-3-4-6-14;1-11-18(2,14-9-12-5-6-13(14)8-12)17(23)21(20-11)10-16(22)15-4-3-7-19-15/h4*3-5,13,15-16H,6-11H2,1-2H3;3-4,7,12-14,19H,5-6,8-10H2,1-2H3/t2*13?,15?,16?,19-;2*13?,15?,16-,19?;12-,13+,14-,18?/m10100/s1. The van der Waals surface area contributed by atoms with Crippen LogP contribution >= 0.6 is 0 Å². The lowest BCUT2D eigenvalue weighted by atomic mass is 9.66. The Bertz CT molecular complexity index is 4200. The van der Waals surface area contributed by atoms with E-state index in [0.29, 0.717) is 90.6 Å². The first-order valence-corrected chi connectivity index (χ1v) is 43.6. The predicted molar refractivity (Wildman–Crippen MR) is 442 cm³/mol. The Balaban J connectivity index is 0.000000108. The van der Waals surface area contributed by atoms with Gasteiger partial charge < -0.3 is 4.98 Å². The number of nitrogens with zero attached hydrogens (tertiary/aromatic N) is 10. The molecule has 1 aromatic heterocycles. The number of rotatable bonds is 20. The lowest BCUT2D eigenvalue weighted by Gasteiger charge is -2.35. The summed E-state index contributed by atoms with van der Waals surface area (Å²) in [6.07, 6.45) is 52.2. The van der Waals surface area contributed by atoms with Gasteiger partial charge in [0.15, 0.2) is 23.1 Å². The van der Waals surface area contributed by atoms with Crippen LogP contribution in [0.25, 0.3) is 0 Å². The van der Waals surface area contributed by atoms with Gasteiger partial charge in [-0.05, 0) is 292 Å². The van der Waals surface area contributed by atoms with Crippen LogP contribution in [0.1, 0.15) is 234 Å². The number of H-pyrrole nitrogens is 1. The second-order valence-corrected chi connectivity index (χ2v) is 38.7. The van der Waals surface area contributed by atoms with E-state index in [4.69, 9.17) is 0 Å². The van der Waals surface area contributed by atoms with Crippen LogP contribution in [0.3, 0.4) is 0 Å². The van der Waals surface area contributed by atoms with Crippen molar-refractivity contribution in [3.05, 3.63) is 119 Å². The number of hydrogen-bond acceptors (Lipinski definition) is 15. The summed E-state index contributed by atoms with van der Waals surface area (Å²) in [6, 6.07) is 3.52. The van der Waals surface area contributed by atoms with Crippen LogP contribution in [0.2, 0.25) is 0 Å². The summed E-state index contributed by atoms with van der Waals surface area (Å²) in [5.74, 6) is 9.40. The first-order chi connectivity index (χ1) is 55.0. The third-order valence-corrected chi connectivity index (χ3v) is 32.8. The Kier molecular flexibility index (Phi) is 21.8. The number of aromatic nitrogens is 1. The molecule has 13 unspecified atom stereocenters. The lowest BCUT2D eigenvalue weighted by molar-refractivity contribution is -0.141. The third-order valence-electron chi connectivity index (χ3n) is 32.8. The molecule has 610 valence electrons. The number of Topliss-reactive ketones (excluding diaryl/α,β-unsaturated/α-hetero) is 5. The highest BCUT2D eigenvalue weighted by Gasteiger charge is 2.63. The summed E-state index contributed by atoms with van der Waals surface area (Å²) < 4.78 is 0. The fraction of sp³-hybridized carbons (Fsp3) is 0.628. The van der Waals surface area contributed by atoms with E-state index in [1.165, 1.54) is 121 Å². The summed E-state index contributed by atoms with van der Waals surface area (Å²) in [4.78, 5) is 130. The molecule has 10 bridgehead atoms. The zero-order valence-electron chi connectivity index (χ0n) is 69.4. The second-order valence-electron chi connectivity index (χ2n) is 38.7. The Labute approximate surface area is 678 Å². The van der Waals surface area contributed by atoms with Gasteiger partial charge in [-0.3, -0.25) is 47.9 Å². The Hall–Kier alpha value is -8.75. The first kappa shape index (κ1) is 80.1. The van der Waals surface area contributed by atoms with Crippen LogP contribution in [-0.2, 0) is 43.2 Å². The van der Waals surface area contributed by atoms with Gasteiger partial charge in [0.25, 0.3) is 29.5 Å². The number of hydrogen-bond donors (Lipinski definition) is 1. The molecule has 20 atom stereocenters. The monoisotopic (exact) mass is 1560 g/mol. The van der Waals surface area contributed by atoms with Crippen LogP contribution in [0, 0.1) is 116 Å². The quantitative estimate of drug-likeness (QED) is 0.121. The smallest absolute Gasteiger partial charge is 0.255 e. The second kappa shape index (κ2) is 31.3. The van der Waals surface area contributed by atoms with Crippen LogP contribution in [0.15, 0.2) is 139 Å². The van der Waals surface area contributed by atoms with E-state index in [9.17, 15) is 47.9 Å². The summed E-state index contributed by atoms with van der Waals surface area (Å²) in [7, 11) is 0. The maximum absolute atomic E-state index is 13.1. The highest BCUT2D eigenvalue weighted by molar-refractivity contribution is 6.16. The largest absolute Gasteiger partial charge is 0.359 e. The van der Waals surface area contributed by atoms with E-state index < -0.39 is 27.1 Å². The molecule has 0 radical (unpaired) electrons. The number of ketones is 5. The van der Waals surface area contributed by atoms with E-state index in [2.05, 4.69) is 58.2 Å². The molecule has 1 N–H and O–H groups in total. The van der Waals surface area contributed by atoms with E-state index in [0.717, 1.165) is 113 Å². The van der Waals surface area contributed by atoms with Gasteiger partial charge in [-0.2, -0.15) is 25.5 Å². The van der Waals surface area contributed by atoms with E-state index >= 15 is 0 Å². The number of carbonyl (C=O) groups excluding carboxylic acids is 10. The van der Waals surface area contributed by atoms with Crippen LogP contribution < -0.4 is 0 Å². The van der Waals surface area contributed by atoms with Crippen molar-refractivity contribution in [1.82, 2.24) is 30.0 Å². The van der Waals surface area contributed by atoms with Crippen molar-refractivity contribution in [2.24, 2.45) is 141 Å². The average Bonchev–Trinajstić information content (AvgIpc) is 1.61. The summed E-state index contributed by atoms with van der Waals surface area (Å²) in [6.45, 7) is 20.4. The van der Waals surface area contributed by atoms with Gasteiger partial charge >= 0.3 is 0 Å². The highest BCUT2D eigenvalue weighted by atomic mass is 16.2. The van der Waals surface area contributed by atoms with Gasteiger partial charge in [-0.15, -0.1) is 0 Å². The number of fused-ring (bicyclic) bond motifs is 10. The van der Waals surface area contributed by atoms with Crippen LogP contribution in [-0.4, -0.2) is 150 Å². The predicted octanol–water partition coefficient (Wildman–Crippen LogP) is 15.3. The molecule has 5 aliphatic heterocycles. The van der Waals surface area contributed by atoms with Gasteiger partial charge in [-0.25, -0.2) is 25.0 Å². The van der Waals surface area contributed by atoms with Crippen molar-refractivity contribution in [2.75, 3.05) is 32.7 Å². The van der Waals surface area contributed by atoms with Crippen molar-refractivity contribution in [3.8, 4) is 0 Å². The molecule has 0 saturated heterocycles. The zero-order valence-corrected chi connectivity index (χ0v) is 69.4. The number of aromatic amines is 1. The van der Waals surface area contributed by atoms with Gasteiger partial charge in [0.2, 0.25) is 5.78 Å². The Morgan fingerprint density at radius 1 is 0.330 bits per heavy atom. The highest BCUT2D eigenvalue weighted by Crippen LogP contribution is 2.62. The normalized spacial score (nSPS) is 37.9. The van der Waals surface area contributed by atoms with Gasteiger partial charge in [0.1, 0.15) is 32.7 Å². The molecular formula is C94H119N11O10. The molecule has 6 heterocycles. The van der Waals surface area contributed by atoms with Crippen molar-refractivity contribution >= 4 is 87.0 Å². The lowest BCUT2D eigenvalue weighted by Crippen LogP contribution is -2.45. The zero-order chi connectivity index (χ0) is 80.9. The molecule has 1 aromatic rings. The molecule has 19 aliphatic rings. The number of nitrogens with one attached hydrogen (secondary N) is 1. The number of hydrazone groups is 5. The SMILES string of the molecule is CC1=NN(CC(=O)C2=CC=CC2)C(=O)C1(C)[C@@H]1CC2CCC1C2.CC1=NN(CC(=O)C2=CC=CC2)C(=O)C1(C)[C@H]1CC2CCC1C2.CC1=NN(CC(=O)C2=CC=CC2)C(=O)[C@@]1(C)C1CC2CCC1C2.CC1=NN(CC(=O)C2=CC=CC2)C(=O)[C@]1(C)C1CC2CCC1C2.CC1=NN(CC(=O)c2ccc[nH]2)C(=O)C1(C)[C@H]1C[C@H]2CC[C@@H]1C2. The molecular weight excluding hydrogens is 1440 g/mol. The van der Waals surface area contributed by atoms with Crippen molar-refractivity contribution in [3.63, 3.8) is 0 Å². The fourth-order valence-corrected chi connectivity index (χ4v) is 25.5. The van der Waals surface area contributed by atoms with Crippen molar-refractivity contribution in [1.29, 1.82) is 0 Å². The topological polar surface area (TPSA) is 264 Å². The molecule has 10 saturated carbocycles. The number of carbonyl (C=O) groups is 10. The van der Waals surface area contributed by atoms with Crippen molar-refractivity contribution in [2.45, 2.75) is 223 Å². The molecule has 21 nitrogen and oxygen atoms in total. The van der Waals surface area contributed by atoms with Crippen molar-refractivity contribution < 1.29 is 47.9 Å². The molecule has 14 aliphatic carbocycles. The molecule has 21 heteroatoms. The van der Waals surface area contributed by atoms with Crippen LogP contribution in [0.5, 0.6) is 0 Å². The number of allylic oxidation sites excluding steroid dienone is 12. The minimum Gasteiger partial charge on any atom is -0.359 e. The van der Waals surface area contributed by atoms with E-state index in [1.807, 2.05) is 114 Å². The summed E-state index contributed by atoms with van der Waals surface area (Å²) in [5.41, 5.74) is 5.58. The molecule has 5 amide bonds. The first-order valence-electron chi connectivity index (χ1n) is 43.6. The fourth-order valence-electron chi connectivity index (χ4n) is 25.5. The van der Waals surface area contributed by atoms with E-state index in [1.54, 1.807) is 18.3 Å². The van der Waals surface area contributed by atoms with Gasteiger partial charge in [0.05, 0.1) is 61.3 Å². The average molecular weight is 1560 g/mol. The minimum atomic E-state index is -0.518. The van der Waals surface area contributed by atoms with Crippen LogP contribution in [0.4, 0.5) is 0 Å². The Morgan fingerprint density at radius 3 is 0.713 bits per heavy atom. The van der Waals surface area contributed by atoms with Gasteiger partial charge in [0, 0.05) is 28.5 Å². The third kappa shape index (κ3) is 14.2. The maximum Gasteiger partial charge on any atom is 0.255 e. The summed E-state index contributed by atoms with van der Waals surface area (Å²) >= 11 is 0. The number of amides is 5. The molecule has 0 aromatic carbocycles. The summed E-state index contributed by atoms with van der Waals surface area (Å²) in [5, 5.41) is 29.6. The van der Waals surface area contributed by atoms with E-state index in [-0.39, 0.29) is 91.2 Å². The van der Waals surface area contributed by atoms with Gasteiger partial charge in [-0.1, -0.05) is 105 Å².